The largest absolute Gasteiger partial charge is 0.465 e. The summed E-state index contributed by atoms with van der Waals surface area (Å²) in [7, 11) is 4.03. The lowest BCUT2D eigenvalue weighted by atomic mass is 10.1. The second kappa shape index (κ2) is 6.60. The summed E-state index contributed by atoms with van der Waals surface area (Å²) in [4.78, 5) is 16.8. The van der Waals surface area contributed by atoms with Gasteiger partial charge in [0.15, 0.2) is 5.82 Å². The molecule has 1 atom stereocenters. The first-order chi connectivity index (χ1) is 11.5. The van der Waals surface area contributed by atoms with Crippen molar-refractivity contribution in [2.45, 2.75) is 33.0 Å². The predicted molar refractivity (Wildman–Crippen MR) is 90.0 cm³/mol. The molecule has 7 heteroatoms. The fourth-order valence-electron chi connectivity index (χ4n) is 3.05. The van der Waals surface area contributed by atoms with Crippen LogP contribution in [-0.2, 0) is 17.9 Å². The summed E-state index contributed by atoms with van der Waals surface area (Å²) in [6.07, 6.45) is 3.25. The van der Waals surface area contributed by atoms with Crippen LogP contribution < -0.4 is 0 Å². The second-order valence-corrected chi connectivity index (χ2v) is 6.46. The Hall–Kier alpha value is -2.41. The number of hydrogen-bond acceptors (Lipinski definition) is 5. The van der Waals surface area contributed by atoms with Crippen LogP contribution in [0.5, 0.6) is 0 Å². The molecule has 0 N–H and O–H groups in total. The van der Waals surface area contributed by atoms with Crippen LogP contribution in [0.15, 0.2) is 28.9 Å². The van der Waals surface area contributed by atoms with Gasteiger partial charge in [0.05, 0.1) is 18.8 Å². The Balaban J connectivity index is 1.86. The van der Waals surface area contributed by atoms with Gasteiger partial charge in [-0.3, -0.25) is 4.79 Å². The number of hydrogen-bond donors (Lipinski definition) is 0. The number of aryl methyl sites for hydroxylation is 1. The molecule has 0 radical (unpaired) electrons. The Labute approximate surface area is 141 Å². The molecule has 0 saturated carbocycles. The van der Waals surface area contributed by atoms with Crippen LogP contribution in [0.3, 0.4) is 0 Å². The first kappa shape index (κ1) is 16.4. The molecule has 0 bridgehead atoms. The van der Waals surface area contributed by atoms with Gasteiger partial charge in [-0.05, 0) is 45.6 Å². The number of carbonyl (C=O) groups excluding carboxylic acids is 1. The molecule has 0 fully saturated rings. The normalized spacial score (nSPS) is 18.1. The van der Waals surface area contributed by atoms with Crippen molar-refractivity contribution < 1.29 is 9.21 Å². The van der Waals surface area contributed by atoms with Crippen LogP contribution >= 0.6 is 0 Å². The third-order valence-corrected chi connectivity index (χ3v) is 4.27. The molecule has 1 amide bonds. The molecule has 3 heterocycles. The van der Waals surface area contributed by atoms with E-state index in [9.17, 15) is 4.79 Å². The van der Waals surface area contributed by atoms with E-state index in [0.717, 1.165) is 23.8 Å². The van der Waals surface area contributed by atoms with Gasteiger partial charge in [-0.1, -0.05) is 0 Å². The number of allylic oxidation sites excluding steroid dienone is 1. The molecule has 1 aliphatic rings. The highest BCUT2D eigenvalue weighted by molar-refractivity contribution is 5.94. The summed E-state index contributed by atoms with van der Waals surface area (Å²) >= 11 is 0. The van der Waals surface area contributed by atoms with Crippen LogP contribution in [0.25, 0.3) is 5.57 Å². The fraction of sp³-hybridized carbons (Fsp3) is 0.471. The fourth-order valence-corrected chi connectivity index (χ4v) is 3.05. The first-order valence-electron chi connectivity index (χ1n) is 8.02. The van der Waals surface area contributed by atoms with Crippen LogP contribution in [-0.4, -0.2) is 57.2 Å². The van der Waals surface area contributed by atoms with E-state index < -0.39 is 0 Å². The second-order valence-electron chi connectivity index (χ2n) is 6.46. The number of furan rings is 1. The standard InChI is InChI=1S/C17H23N5O2/c1-12(15-6-5-7-24-15)8-17(23)22-11-16-19-18-13(2)21(16)10-14(22)9-20(3)4/h5-8,14H,9-11H2,1-4H3/b12-8+. The Kier molecular flexibility index (Phi) is 4.53. The van der Waals surface area contributed by atoms with Crippen molar-refractivity contribution in [3.8, 4) is 0 Å². The molecule has 0 aliphatic carbocycles. The quantitative estimate of drug-likeness (QED) is 0.796. The van der Waals surface area contributed by atoms with Crippen LogP contribution in [0.2, 0.25) is 0 Å². The molecule has 1 aliphatic heterocycles. The topological polar surface area (TPSA) is 67.4 Å². The van der Waals surface area contributed by atoms with Crippen molar-refractivity contribution in [3.63, 3.8) is 0 Å². The van der Waals surface area contributed by atoms with E-state index in [1.807, 2.05) is 45.0 Å². The monoisotopic (exact) mass is 329 g/mol. The van der Waals surface area contributed by atoms with Gasteiger partial charge in [-0.2, -0.15) is 0 Å². The van der Waals surface area contributed by atoms with Gasteiger partial charge in [-0.15, -0.1) is 10.2 Å². The van der Waals surface area contributed by atoms with Crippen molar-refractivity contribution in [2.24, 2.45) is 0 Å². The van der Waals surface area contributed by atoms with Crippen LogP contribution in [0.1, 0.15) is 24.3 Å². The number of amides is 1. The summed E-state index contributed by atoms with van der Waals surface area (Å²) in [6, 6.07) is 3.75. The Morgan fingerprint density at radius 2 is 2.25 bits per heavy atom. The molecular formula is C17H23N5O2. The maximum atomic E-state index is 12.8. The smallest absolute Gasteiger partial charge is 0.247 e. The zero-order chi connectivity index (χ0) is 17.3. The Morgan fingerprint density at radius 3 is 2.92 bits per heavy atom. The predicted octanol–water partition coefficient (Wildman–Crippen LogP) is 1.56. The molecule has 24 heavy (non-hydrogen) atoms. The van der Waals surface area contributed by atoms with Gasteiger partial charge in [-0.25, -0.2) is 0 Å². The SMILES string of the molecule is C/C(=C\C(=O)N1Cc2nnc(C)n2CC1CN(C)C)c1ccco1. The molecule has 0 aromatic carbocycles. The maximum absolute atomic E-state index is 12.8. The van der Waals surface area contributed by atoms with E-state index in [4.69, 9.17) is 4.42 Å². The zero-order valence-corrected chi connectivity index (χ0v) is 14.6. The van der Waals surface area contributed by atoms with Crippen LogP contribution in [0, 0.1) is 6.92 Å². The van der Waals surface area contributed by atoms with Gasteiger partial charge in [0.1, 0.15) is 11.6 Å². The number of aromatic nitrogens is 3. The number of nitrogens with zero attached hydrogens (tertiary/aromatic N) is 5. The molecule has 128 valence electrons. The van der Waals surface area contributed by atoms with Crippen molar-refractivity contribution in [1.29, 1.82) is 0 Å². The molecular weight excluding hydrogens is 306 g/mol. The van der Waals surface area contributed by atoms with Crippen LogP contribution in [0.4, 0.5) is 0 Å². The van der Waals surface area contributed by atoms with Crippen molar-refractivity contribution >= 4 is 11.5 Å². The lowest BCUT2D eigenvalue weighted by molar-refractivity contribution is -0.130. The minimum Gasteiger partial charge on any atom is -0.465 e. The summed E-state index contributed by atoms with van der Waals surface area (Å²) in [5.41, 5.74) is 0.817. The van der Waals surface area contributed by atoms with E-state index in [2.05, 4.69) is 19.7 Å². The van der Waals surface area contributed by atoms with Gasteiger partial charge in [0.2, 0.25) is 5.91 Å². The molecule has 3 rings (SSSR count). The minimum atomic E-state index is -0.0253. The third-order valence-electron chi connectivity index (χ3n) is 4.27. The Bertz CT molecular complexity index is 745. The Morgan fingerprint density at radius 1 is 1.46 bits per heavy atom. The van der Waals surface area contributed by atoms with E-state index in [0.29, 0.717) is 18.8 Å². The molecule has 2 aromatic heterocycles. The zero-order valence-electron chi connectivity index (χ0n) is 14.6. The summed E-state index contributed by atoms with van der Waals surface area (Å²) in [5, 5.41) is 8.34. The van der Waals surface area contributed by atoms with Crippen molar-refractivity contribution in [2.75, 3.05) is 20.6 Å². The molecule has 2 aromatic rings. The van der Waals surface area contributed by atoms with Gasteiger partial charge in [0.25, 0.3) is 0 Å². The van der Waals surface area contributed by atoms with Gasteiger partial charge >= 0.3 is 0 Å². The highest BCUT2D eigenvalue weighted by Gasteiger charge is 2.31. The number of rotatable bonds is 4. The van der Waals surface area contributed by atoms with E-state index in [1.165, 1.54) is 0 Å². The van der Waals surface area contributed by atoms with Gasteiger partial charge in [0, 0.05) is 19.2 Å². The molecule has 7 nitrogen and oxygen atoms in total. The third kappa shape index (κ3) is 3.26. The molecule has 0 spiro atoms. The van der Waals surface area contributed by atoms with E-state index in [-0.39, 0.29) is 11.9 Å². The summed E-state index contributed by atoms with van der Waals surface area (Å²) < 4.78 is 7.46. The average molecular weight is 329 g/mol. The molecule has 1 unspecified atom stereocenters. The first-order valence-corrected chi connectivity index (χ1v) is 8.02. The van der Waals surface area contributed by atoms with Crippen molar-refractivity contribution in [3.05, 3.63) is 41.9 Å². The lowest BCUT2D eigenvalue weighted by Crippen LogP contribution is -2.50. The van der Waals surface area contributed by atoms with Crippen molar-refractivity contribution in [1.82, 2.24) is 24.6 Å². The lowest BCUT2D eigenvalue weighted by Gasteiger charge is -2.37. The summed E-state index contributed by atoms with van der Waals surface area (Å²) in [5.74, 6) is 2.41. The van der Waals surface area contributed by atoms with E-state index >= 15 is 0 Å². The minimum absolute atomic E-state index is 0.0253. The molecule has 0 saturated heterocycles. The van der Waals surface area contributed by atoms with E-state index in [1.54, 1.807) is 12.3 Å². The number of fused-ring (bicyclic) bond motifs is 1. The highest BCUT2D eigenvalue weighted by atomic mass is 16.3. The average Bonchev–Trinajstić information content (AvgIpc) is 3.17. The summed E-state index contributed by atoms with van der Waals surface area (Å²) in [6.45, 7) is 5.80. The maximum Gasteiger partial charge on any atom is 0.247 e. The number of carbonyl (C=O) groups is 1. The van der Waals surface area contributed by atoms with Gasteiger partial charge < -0.3 is 18.8 Å². The number of likely N-dealkylation sites (N-methyl/N-ethyl adjacent to an activating group) is 1. The highest BCUT2D eigenvalue weighted by Crippen LogP contribution is 2.21.